The first kappa shape index (κ1) is 13.1. The molecule has 75 valence electrons. The monoisotopic (exact) mass is 231 g/mol. The van der Waals surface area contributed by atoms with Crippen molar-refractivity contribution in [3.63, 3.8) is 0 Å². The summed E-state index contributed by atoms with van der Waals surface area (Å²) < 4.78 is 0. The van der Waals surface area contributed by atoms with Crippen LogP contribution in [0.5, 0.6) is 0 Å². The average molecular weight is 231 g/mol. The Bertz CT molecular complexity index is 306. The van der Waals surface area contributed by atoms with E-state index >= 15 is 0 Å². The van der Waals surface area contributed by atoms with Crippen molar-refractivity contribution in [2.45, 2.75) is 19.8 Å². The molecule has 1 aromatic carbocycles. The molecule has 1 rings (SSSR count). The number of carbonyl (C=O) groups is 2. The summed E-state index contributed by atoms with van der Waals surface area (Å²) in [5, 5.41) is 0. The van der Waals surface area contributed by atoms with Crippen molar-refractivity contribution in [2.24, 2.45) is 0 Å². The van der Waals surface area contributed by atoms with Crippen LogP contribution in [-0.2, 0) is 33.1 Å². The summed E-state index contributed by atoms with van der Waals surface area (Å²) in [6.07, 6.45) is 0.412. The number of ketones is 2. The molecular weight excluding hydrogens is 219 g/mol. The molecule has 3 heteroatoms. The molecule has 0 saturated heterocycles. The van der Waals surface area contributed by atoms with E-state index in [1.807, 2.05) is 30.3 Å². The number of carbonyl (C=O) groups excluding carboxylic acids is 2. The number of hydrogen-bond donors (Lipinski definition) is 0. The Morgan fingerprint density at radius 1 is 1.14 bits per heavy atom. The van der Waals surface area contributed by atoms with Gasteiger partial charge in [-0.1, -0.05) is 30.3 Å². The van der Waals surface area contributed by atoms with E-state index in [0.29, 0.717) is 6.42 Å². The van der Waals surface area contributed by atoms with E-state index in [1.165, 1.54) is 6.92 Å². The predicted molar refractivity (Wildman–Crippen MR) is 50.5 cm³/mol. The van der Waals surface area contributed by atoms with Gasteiger partial charge in [-0.15, -0.1) is 0 Å². The molecule has 0 aliphatic carbocycles. The third-order valence-electron chi connectivity index (χ3n) is 1.69. The first-order valence-electron chi connectivity index (χ1n) is 4.23. The van der Waals surface area contributed by atoms with Gasteiger partial charge >= 0.3 is 0 Å². The first-order valence-corrected chi connectivity index (χ1v) is 4.23. The van der Waals surface area contributed by atoms with E-state index in [0.717, 1.165) is 5.56 Å². The fraction of sp³-hybridized carbons (Fsp3) is 0.273. The molecule has 1 aromatic rings. The number of hydrogen-bond acceptors (Lipinski definition) is 2. The summed E-state index contributed by atoms with van der Waals surface area (Å²) in [4.78, 5) is 21.8. The van der Waals surface area contributed by atoms with E-state index in [1.54, 1.807) is 0 Å². The van der Waals surface area contributed by atoms with Gasteiger partial charge in [0.1, 0.15) is 11.6 Å². The van der Waals surface area contributed by atoms with Crippen molar-refractivity contribution in [3.05, 3.63) is 35.9 Å². The Morgan fingerprint density at radius 3 is 2.21 bits per heavy atom. The summed E-state index contributed by atoms with van der Waals surface area (Å²) in [7, 11) is 0. The van der Waals surface area contributed by atoms with Crippen LogP contribution < -0.4 is 0 Å². The molecule has 0 unspecified atom stereocenters. The van der Waals surface area contributed by atoms with Gasteiger partial charge in [0.05, 0.1) is 6.42 Å². The number of Topliss-reactive ketones (excluding diaryl/α,β-unsaturated/α-hetero) is 2. The maximum Gasteiger partial charge on any atom is 0.144 e. The third kappa shape index (κ3) is 4.95. The van der Waals surface area contributed by atoms with Gasteiger partial charge in [0, 0.05) is 23.5 Å². The molecule has 0 aliphatic heterocycles. The Kier molecular flexibility index (Phi) is 6.09. The average Bonchev–Trinajstić information content (AvgIpc) is 2.04. The van der Waals surface area contributed by atoms with Crippen LogP contribution in [0, 0.1) is 0 Å². The molecule has 0 atom stereocenters. The minimum absolute atomic E-state index is 0. The zero-order chi connectivity index (χ0) is 9.68. The molecular formula is C11H12MnO2. The minimum Gasteiger partial charge on any atom is -0.300 e. The molecule has 0 saturated carbocycles. The van der Waals surface area contributed by atoms with Gasteiger partial charge < -0.3 is 0 Å². The molecule has 0 aliphatic rings. The molecule has 1 radical (unpaired) electrons. The molecule has 2 nitrogen and oxygen atoms in total. The quantitative estimate of drug-likeness (QED) is 0.584. The van der Waals surface area contributed by atoms with Crippen molar-refractivity contribution in [1.29, 1.82) is 0 Å². The SMILES string of the molecule is CC(=O)CC(=O)Cc1ccccc1.[Mn]. The maximum atomic E-state index is 11.2. The molecule has 0 aromatic heterocycles. The Morgan fingerprint density at radius 2 is 1.71 bits per heavy atom. The van der Waals surface area contributed by atoms with Gasteiger partial charge in [0.25, 0.3) is 0 Å². The van der Waals surface area contributed by atoms with Crippen molar-refractivity contribution in [3.8, 4) is 0 Å². The van der Waals surface area contributed by atoms with Gasteiger partial charge in [-0.2, -0.15) is 0 Å². The van der Waals surface area contributed by atoms with Gasteiger partial charge in [-0.05, 0) is 12.5 Å². The van der Waals surface area contributed by atoms with Gasteiger partial charge in [-0.25, -0.2) is 0 Å². The molecule has 0 fully saturated rings. The summed E-state index contributed by atoms with van der Waals surface area (Å²) in [6, 6.07) is 9.45. The summed E-state index contributed by atoms with van der Waals surface area (Å²) in [5.74, 6) is -0.0837. The van der Waals surface area contributed by atoms with E-state index < -0.39 is 0 Å². The van der Waals surface area contributed by atoms with E-state index in [2.05, 4.69) is 0 Å². The molecule has 0 spiro atoms. The van der Waals surface area contributed by atoms with Crippen LogP contribution in [0.25, 0.3) is 0 Å². The van der Waals surface area contributed by atoms with Crippen LogP contribution in [0.1, 0.15) is 18.9 Å². The third-order valence-corrected chi connectivity index (χ3v) is 1.69. The van der Waals surface area contributed by atoms with Crippen molar-refractivity contribution in [2.75, 3.05) is 0 Å². The van der Waals surface area contributed by atoms with Gasteiger partial charge in [0.15, 0.2) is 0 Å². The predicted octanol–water partition coefficient (Wildman–Crippen LogP) is 1.77. The second kappa shape index (κ2) is 6.52. The molecule has 0 heterocycles. The number of benzene rings is 1. The summed E-state index contributed by atoms with van der Waals surface area (Å²) in [6.45, 7) is 1.43. The van der Waals surface area contributed by atoms with Crippen molar-refractivity contribution < 1.29 is 26.7 Å². The van der Waals surface area contributed by atoms with Crippen LogP contribution in [0.15, 0.2) is 30.3 Å². The summed E-state index contributed by atoms with van der Waals surface area (Å²) in [5.41, 5.74) is 0.966. The molecule has 0 bridgehead atoms. The van der Waals surface area contributed by atoms with Gasteiger partial charge in [0.2, 0.25) is 0 Å². The largest absolute Gasteiger partial charge is 0.300 e. The zero-order valence-corrected chi connectivity index (χ0v) is 9.18. The Labute approximate surface area is 94.2 Å². The van der Waals surface area contributed by atoms with Crippen LogP contribution in [-0.4, -0.2) is 11.6 Å². The standard InChI is InChI=1S/C11H12O2.Mn/c1-9(12)7-11(13)8-10-5-3-2-4-6-10;/h2-6H,7-8H2,1H3;. The molecule has 14 heavy (non-hydrogen) atoms. The minimum atomic E-state index is -0.0686. The smallest absolute Gasteiger partial charge is 0.144 e. The second-order valence-corrected chi connectivity index (χ2v) is 3.08. The zero-order valence-electron chi connectivity index (χ0n) is 8.00. The van der Waals surface area contributed by atoms with Crippen LogP contribution in [0.2, 0.25) is 0 Å². The Hall–Kier alpha value is -0.921. The van der Waals surface area contributed by atoms with Crippen LogP contribution >= 0.6 is 0 Å². The summed E-state index contributed by atoms with van der Waals surface area (Å²) >= 11 is 0. The van der Waals surface area contributed by atoms with Crippen LogP contribution in [0.3, 0.4) is 0 Å². The fourth-order valence-electron chi connectivity index (χ4n) is 1.16. The molecule has 0 amide bonds. The molecule has 0 N–H and O–H groups in total. The topological polar surface area (TPSA) is 34.1 Å². The van der Waals surface area contributed by atoms with E-state index in [-0.39, 0.29) is 35.1 Å². The van der Waals surface area contributed by atoms with Crippen LogP contribution in [0.4, 0.5) is 0 Å². The normalized spacial score (nSPS) is 8.93. The van der Waals surface area contributed by atoms with E-state index in [9.17, 15) is 9.59 Å². The first-order chi connectivity index (χ1) is 6.18. The Balaban J connectivity index is 0.00000169. The van der Waals surface area contributed by atoms with E-state index in [4.69, 9.17) is 0 Å². The van der Waals surface area contributed by atoms with Gasteiger partial charge in [-0.3, -0.25) is 9.59 Å². The fourth-order valence-corrected chi connectivity index (χ4v) is 1.16. The maximum absolute atomic E-state index is 11.2. The second-order valence-electron chi connectivity index (χ2n) is 3.08. The van der Waals surface area contributed by atoms with Crippen molar-refractivity contribution in [1.82, 2.24) is 0 Å². The number of rotatable bonds is 4. The van der Waals surface area contributed by atoms with Crippen molar-refractivity contribution >= 4 is 11.6 Å².